The summed E-state index contributed by atoms with van der Waals surface area (Å²) >= 11 is 24.9. The highest BCUT2D eigenvalue weighted by Gasteiger charge is 2.22. The van der Waals surface area contributed by atoms with E-state index in [-0.39, 0.29) is 21.4 Å². The average molecular weight is 660 g/mol. The molecule has 0 aliphatic heterocycles. The lowest BCUT2D eigenvalue weighted by molar-refractivity contribution is -0.133. The number of aromatic nitrogens is 1. The quantitative estimate of drug-likeness (QED) is 0.205. The number of halogens is 5. The number of hydrogen-bond acceptors (Lipinski definition) is 3. The smallest absolute Gasteiger partial charge is 0.319 e. The topological polar surface area (TPSA) is 92.2 Å². The molecule has 178 valence electrons. The summed E-state index contributed by atoms with van der Waals surface area (Å²) < 4.78 is 2.71. The predicted molar refractivity (Wildman–Crippen MR) is 146 cm³/mol. The number of fused-ring (bicyclic) bond motifs is 1. The molecule has 35 heavy (non-hydrogen) atoms. The van der Waals surface area contributed by atoms with E-state index in [0.29, 0.717) is 26.1 Å². The van der Waals surface area contributed by atoms with E-state index < -0.39 is 17.7 Å². The summed E-state index contributed by atoms with van der Waals surface area (Å²) in [5, 5.41) is 6.69. The van der Waals surface area contributed by atoms with Crippen molar-refractivity contribution in [2.75, 3.05) is 16.1 Å². The number of amides is 3. The average Bonchev–Trinajstić information content (AvgIpc) is 3.14. The largest absolute Gasteiger partial charge is 0.328 e. The van der Waals surface area contributed by atoms with Crippen LogP contribution in [0, 0.1) is 0 Å². The zero-order chi connectivity index (χ0) is 25.3. The Hall–Kier alpha value is -2.56. The van der Waals surface area contributed by atoms with E-state index in [1.165, 1.54) is 10.7 Å². The minimum absolute atomic E-state index is 0.0620. The Morgan fingerprint density at radius 3 is 2.06 bits per heavy atom. The number of carbonyl (C=O) groups is 3. The van der Waals surface area contributed by atoms with Crippen LogP contribution < -0.4 is 16.1 Å². The van der Waals surface area contributed by atoms with Gasteiger partial charge in [-0.3, -0.25) is 19.8 Å². The molecule has 3 aromatic carbocycles. The molecule has 0 fully saturated rings. The summed E-state index contributed by atoms with van der Waals surface area (Å²) in [5.74, 6) is -2.55. The van der Waals surface area contributed by atoms with Gasteiger partial charge in [0.2, 0.25) is 0 Å². The summed E-state index contributed by atoms with van der Waals surface area (Å²) in [6, 6.07) is 16.2. The van der Waals surface area contributed by atoms with Crippen LogP contribution in [0.1, 0.15) is 10.5 Å². The number of nitrogens with zero attached hydrogens (tertiary/aromatic N) is 1. The highest BCUT2D eigenvalue weighted by Crippen LogP contribution is 2.28. The van der Waals surface area contributed by atoms with E-state index in [1.807, 2.05) is 0 Å². The first-order valence-electron chi connectivity index (χ1n) is 9.77. The Balaban J connectivity index is 1.64. The minimum Gasteiger partial charge on any atom is -0.319 e. The predicted octanol–water partition coefficient (Wildman–Crippen LogP) is 7.09. The van der Waals surface area contributed by atoms with Crippen LogP contribution in [0.3, 0.4) is 0 Å². The lowest BCUT2D eigenvalue weighted by atomic mass is 10.2. The molecule has 0 spiro atoms. The standard InChI is InChI=1S/C23H13Br2Cl3N4O3/c24-12-2-6-19-11(7-12)8-20(21(33)29-18-5-3-14(26)10-16(18)28)32(19)31-23(35)22(34)30-17-4-1-13(25)9-15(17)27/h1-10H,(H,29,33)(H,30,34)(H,31,35). The number of anilines is 2. The normalized spacial score (nSPS) is 10.8. The number of nitrogens with one attached hydrogen (secondary N) is 3. The zero-order valence-electron chi connectivity index (χ0n) is 17.3. The van der Waals surface area contributed by atoms with Gasteiger partial charge in [-0.2, -0.15) is 0 Å². The van der Waals surface area contributed by atoms with Crippen LogP contribution in [-0.2, 0) is 9.59 Å². The Morgan fingerprint density at radius 2 is 1.34 bits per heavy atom. The molecule has 0 unspecified atom stereocenters. The van der Waals surface area contributed by atoms with E-state index >= 15 is 0 Å². The summed E-state index contributed by atoms with van der Waals surface area (Å²) in [4.78, 5) is 38.5. The van der Waals surface area contributed by atoms with Crippen LogP contribution in [0.25, 0.3) is 10.9 Å². The summed E-state index contributed by atoms with van der Waals surface area (Å²) in [6.07, 6.45) is 0. The molecule has 3 N–H and O–H groups in total. The van der Waals surface area contributed by atoms with Crippen molar-refractivity contribution in [3.05, 3.63) is 90.4 Å². The van der Waals surface area contributed by atoms with Gasteiger partial charge in [0.1, 0.15) is 5.69 Å². The molecular weight excluding hydrogens is 646 g/mol. The van der Waals surface area contributed by atoms with Gasteiger partial charge in [0.15, 0.2) is 0 Å². The van der Waals surface area contributed by atoms with E-state index in [4.69, 9.17) is 34.8 Å². The lowest BCUT2D eigenvalue weighted by Crippen LogP contribution is -2.36. The number of hydrogen-bond donors (Lipinski definition) is 3. The molecule has 4 aromatic rings. The number of carbonyl (C=O) groups excluding carboxylic acids is 3. The second-order valence-corrected chi connectivity index (χ2v) is 10.2. The molecule has 0 radical (unpaired) electrons. The second kappa shape index (κ2) is 10.6. The molecule has 3 amide bonds. The Bertz CT molecular complexity index is 1510. The third-order valence-electron chi connectivity index (χ3n) is 4.77. The highest BCUT2D eigenvalue weighted by molar-refractivity contribution is 9.10. The van der Waals surface area contributed by atoms with Crippen LogP contribution in [0.4, 0.5) is 11.4 Å². The number of rotatable bonds is 4. The van der Waals surface area contributed by atoms with Crippen LogP contribution >= 0.6 is 66.7 Å². The van der Waals surface area contributed by atoms with E-state index in [9.17, 15) is 14.4 Å². The van der Waals surface area contributed by atoms with Crippen molar-refractivity contribution < 1.29 is 14.4 Å². The molecule has 0 saturated heterocycles. The fourth-order valence-corrected chi connectivity index (χ4v) is 4.73. The van der Waals surface area contributed by atoms with Crippen molar-refractivity contribution in [1.29, 1.82) is 0 Å². The van der Waals surface area contributed by atoms with Gasteiger partial charge in [-0.15, -0.1) is 0 Å². The Labute approximate surface area is 230 Å². The van der Waals surface area contributed by atoms with Crippen LogP contribution in [0.2, 0.25) is 15.1 Å². The molecule has 0 aliphatic rings. The van der Waals surface area contributed by atoms with Crippen molar-refractivity contribution in [3.63, 3.8) is 0 Å². The molecule has 0 atom stereocenters. The molecule has 1 heterocycles. The molecule has 7 nitrogen and oxygen atoms in total. The van der Waals surface area contributed by atoms with Gasteiger partial charge in [-0.25, -0.2) is 4.68 Å². The van der Waals surface area contributed by atoms with Gasteiger partial charge >= 0.3 is 11.8 Å². The van der Waals surface area contributed by atoms with Crippen molar-refractivity contribution in [2.24, 2.45) is 0 Å². The van der Waals surface area contributed by atoms with Crippen molar-refractivity contribution in [3.8, 4) is 0 Å². The van der Waals surface area contributed by atoms with Crippen molar-refractivity contribution in [1.82, 2.24) is 4.68 Å². The fourth-order valence-electron chi connectivity index (χ4n) is 3.17. The monoisotopic (exact) mass is 656 g/mol. The summed E-state index contributed by atoms with van der Waals surface area (Å²) in [5.41, 5.74) is 3.61. The molecule has 0 saturated carbocycles. The lowest BCUT2D eigenvalue weighted by Gasteiger charge is -2.13. The van der Waals surface area contributed by atoms with E-state index in [2.05, 4.69) is 47.9 Å². The van der Waals surface area contributed by atoms with E-state index in [1.54, 1.807) is 54.6 Å². The number of benzene rings is 3. The zero-order valence-corrected chi connectivity index (χ0v) is 22.8. The van der Waals surface area contributed by atoms with Gasteiger partial charge < -0.3 is 10.6 Å². The second-order valence-electron chi connectivity index (χ2n) is 7.17. The first-order valence-corrected chi connectivity index (χ1v) is 12.5. The SMILES string of the molecule is O=C(Nc1ccc(Br)cc1Cl)C(=O)Nn1c(C(=O)Nc2ccc(Cl)cc2Cl)cc2cc(Br)ccc21. The third kappa shape index (κ3) is 5.82. The first kappa shape index (κ1) is 25.5. The maximum atomic E-state index is 13.1. The molecular formula is C23H13Br2Cl3N4O3. The summed E-state index contributed by atoms with van der Waals surface area (Å²) in [6.45, 7) is 0. The molecule has 0 aliphatic carbocycles. The van der Waals surface area contributed by atoms with Gasteiger partial charge in [0, 0.05) is 19.4 Å². The van der Waals surface area contributed by atoms with Gasteiger partial charge in [-0.05, 0) is 60.7 Å². The summed E-state index contributed by atoms with van der Waals surface area (Å²) in [7, 11) is 0. The molecule has 12 heteroatoms. The van der Waals surface area contributed by atoms with Crippen LogP contribution in [0.5, 0.6) is 0 Å². The van der Waals surface area contributed by atoms with Gasteiger partial charge in [0.25, 0.3) is 5.91 Å². The first-order chi connectivity index (χ1) is 16.6. The van der Waals surface area contributed by atoms with Crippen molar-refractivity contribution in [2.45, 2.75) is 0 Å². The fraction of sp³-hybridized carbons (Fsp3) is 0. The van der Waals surface area contributed by atoms with Gasteiger partial charge in [-0.1, -0.05) is 66.7 Å². The van der Waals surface area contributed by atoms with E-state index in [0.717, 1.165) is 4.47 Å². The van der Waals surface area contributed by atoms with Crippen LogP contribution in [-0.4, -0.2) is 22.4 Å². The van der Waals surface area contributed by atoms with Gasteiger partial charge in [0.05, 0.1) is 26.9 Å². The Kier molecular flexibility index (Phi) is 7.73. The molecule has 1 aromatic heterocycles. The molecule has 0 bridgehead atoms. The third-order valence-corrected chi connectivity index (χ3v) is 6.62. The maximum Gasteiger partial charge on any atom is 0.328 e. The highest BCUT2D eigenvalue weighted by atomic mass is 79.9. The minimum atomic E-state index is -1.01. The van der Waals surface area contributed by atoms with Crippen molar-refractivity contribution >= 4 is 107 Å². The maximum absolute atomic E-state index is 13.1. The van der Waals surface area contributed by atoms with Crippen LogP contribution in [0.15, 0.2) is 69.6 Å². The Morgan fingerprint density at radius 1 is 0.714 bits per heavy atom. The molecule has 4 rings (SSSR count).